The van der Waals surface area contributed by atoms with Crippen LogP contribution in [0.25, 0.3) is 0 Å². The number of amides is 1. The van der Waals surface area contributed by atoms with Crippen molar-refractivity contribution >= 4 is 22.0 Å². The number of halogens is 4. The maximum absolute atomic E-state index is 13.0. The monoisotopic (exact) mass is 398 g/mol. The molecule has 1 heterocycles. The Labute approximate surface area is 140 Å². The number of nitrogens with one attached hydrogen (secondary N) is 1. The standard InChI is InChI=1S/C14H18BrF3N2O3/c1-8(2)5-13(3,20-12(21)22)7-23-11-10(14(16,17)18)4-9(15)6-19-11/h4,6,8,20H,5,7H2,1-3H3,(H,21,22). The molecule has 130 valence electrons. The van der Waals surface area contributed by atoms with Gasteiger partial charge in [-0.2, -0.15) is 13.2 Å². The van der Waals surface area contributed by atoms with Crippen LogP contribution in [-0.4, -0.2) is 28.3 Å². The van der Waals surface area contributed by atoms with Gasteiger partial charge in [0.05, 0.1) is 5.54 Å². The average molecular weight is 399 g/mol. The van der Waals surface area contributed by atoms with Gasteiger partial charge in [-0.25, -0.2) is 9.78 Å². The van der Waals surface area contributed by atoms with Crippen LogP contribution in [0.3, 0.4) is 0 Å². The van der Waals surface area contributed by atoms with Gasteiger partial charge in [0, 0.05) is 10.7 Å². The minimum absolute atomic E-state index is 0.121. The molecule has 1 amide bonds. The number of rotatable bonds is 6. The van der Waals surface area contributed by atoms with Crippen LogP contribution in [0.2, 0.25) is 0 Å². The molecule has 0 bridgehead atoms. The molecule has 0 aliphatic heterocycles. The predicted octanol–water partition coefficient (Wildman–Crippen LogP) is 4.31. The third kappa shape index (κ3) is 6.25. The summed E-state index contributed by atoms with van der Waals surface area (Å²) in [4.78, 5) is 14.6. The van der Waals surface area contributed by atoms with Gasteiger partial charge in [0.15, 0.2) is 0 Å². The van der Waals surface area contributed by atoms with Crippen LogP contribution in [0.4, 0.5) is 18.0 Å². The molecule has 9 heteroatoms. The van der Waals surface area contributed by atoms with E-state index in [9.17, 15) is 18.0 Å². The highest BCUT2D eigenvalue weighted by Crippen LogP contribution is 2.36. The van der Waals surface area contributed by atoms with Gasteiger partial charge < -0.3 is 15.2 Å². The second kappa shape index (κ2) is 7.37. The molecule has 23 heavy (non-hydrogen) atoms. The Morgan fingerprint density at radius 3 is 2.57 bits per heavy atom. The molecule has 2 N–H and O–H groups in total. The lowest BCUT2D eigenvalue weighted by atomic mass is 9.91. The lowest BCUT2D eigenvalue weighted by Crippen LogP contribution is -2.50. The Balaban J connectivity index is 3.00. The van der Waals surface area contributed by atoms with E-state index in [1.54, 1.807) is 6.92 Å². The zero-order valence-electron chi connectivity index (χ0n) is 12.9. The number of hydrogen-bond acceptors (Lipinski definition) is 3. The van der Waals surface area contributed by atoms with Crippen LogP contribution in [0, 0.1) is 5.92 Å². The summed E-state index contributed by atoms with van der Waals surface area (Å²) in [6.45, 7) is 5.06. The van der Waals surface area contributed by atoms with Crippen LogP contribution >= 0.6 is 15.9 Å². The van der Waals surface area contributed by atoms with E-state index in [-0.39, 0.29) is 17.0 Å². The summed E-state index contributed by atoms with van der Waals surface area (Å²) in [5.74, 6) is -0.460. The fourth-order valence-corrected chi connectivity index (χ4v) is 2.61. The topological polar surface area (TPSA) is 71.5 Å². The van der Waals surface area contributed by atoms with Gasteiger partial charge in [0.25, 0.3) is 0 Å². The zero-order chi connectivity index (χ0) is 17.8. The number of hydrogen-bond donors (Lipinski definition) is 2. The molecule has 0 aliphatic rings. The molecular weight excluding hydrogens is 381 g/mol. The van der Waals surface area contributed by atoms with Gasteiger partial charge in [0.2, 0.25) is 5.88 Å². The smallest absolute Gasteiger partial charge is 0.421 e. The summed E-state index contributed by atoms with van der Waals surface area (Å²) in [5.41, 5.74) is -2.05. The molecule has 1 aromatic rings. The van der Waals surface area contributed by atoms with E-state index >= 15 is 0 Å². The maximum atomic E-state index is 13.0. The minimum atomic E-state index is -4.62. The van der Waals surface area contributed by atoms with E-state index < -0.39 is 29.3 Å². The van der Waals surface area contributed by atoms with Crippen LogP contribution in [0.15, 0.2) is 16.7 Å². The van der Waals surface area contributed by atoms with Gasteiger partial charge in [-0.05, 0) is 41.3 Å². The molecule has 0 saturated heterocycles. The summed E-state index contributed by atoms with van der Waals surface area (Å²) in [6.07, 6.45) is -4.30. The fourth-order valence-electron chi connectivity index (χ4n) is 2.28. The highest BCUT2D eigenvalue weighted by Gasteiger charge is 2.37. The van der Waals surface area contributed by atoms with E-state index in [4.69, 9.17) is 9.84 Å². The largest absolute Gasteiger partial charge is 0.475 e. The van der Waals surface area contributed by atoms with Crippen molar-refractivity contribution < 1.29 is 27.8 Å². The molecular formula is C14H18BrF3N2O3. The van der Waals surface area contributed by atoms with E-state index in [1.165, 1.54) is 6.20 Å². The number of pyridine rings is 1. The van der Waals surface area contributed by atoms with Crippen LogP contribution in [-0.2, 0) is 6.18 Å². The Kier molecular flexibility index (Phi) is 6.26. The molecule has 1 atom stereocenters. The minimum Gasteiger partial charge on any atom is -0.475 e. The molecule has 1 rings (SSSR count). The van der Waals surface area contributed by atoms with Crippen molar-refractivity contribution in [3.05, 3.63) is 22.3 Å². The number of nitrogens with zero attached hydrogens (tertiary/aromatic N) is 1. The average Bonchev–Trinajstić information content (AvgIpc) is 2.34. The Bertz CT molecular complexity index is 567. The van der Waals surface area contributed by atoms with Gasteiger partial charge in [0.1, 0.15) is 12.2 Å². The first kappa shape index (κ1) is 19.5. The summed E-state index contributed by atoms with van der Waals surface area (Å²) >= 11 is 2.94. The number of carbonyl (C=O) groups is 1. The third-order valence-corrected chi connectivity index (χ3v) is 3.35. The summed E-state index contributed by atoms with van der Waals surface area (Å²) in [5, 5.41) is 11.2. The second-order valence-corrected chi connectivity index (χ2v) is 6.80. The Morgan fingerprint density at radius 1 is 1.48 bits per heavy atom. The van der Waals surface area contributed by atoms with Crippen molar-refractivity contribution in [3.8, 4) is 5.88 Å². The second-order valence-electron chi connectivity index (χ2n) is 5.88. The normalized spacial score (nSPS) is 14.4. The Hall–Kier alpha value is -1.51. The first-order chi connectivity index (χ1) is 10.4. The molecule has 0 saturated carbocycles. The number of aromatic nitrogens is 1. The lowest BCUT2D eigenvalue weighted by molar-refractivity contribution is -0.139. The quantitative estimate of drug-likeness (QED) is 0.748. The molecule has 5 nitrogen and oxygen atoms in total. The number of alkyl halides is 3. The van der Waals surface area contributed by atoms with E-state index in [0.29, 0.717) is 6.42 Å². The fraction of sp³-hybridized carbons (Fsp3) is 0.571. The van der Waals surface area contributed by atoms with Gasteiger partial charge in [-0.1, -0.05) is 13.8 Å². The Morgan fingerprint density at radius 2 is 2.09 bits per heavy atom. The summed E-state index contributed by atoms with van der Waals surface area (Å²) in [6, 6.07) is 0.868. The summed E-state index contributed by atoms with van der Waals surface area (Å²) < 4.78 is 44.4. The number of ether oxygens (including phenoxy) is 1. The third-order valence-electron chi connectivity index (χ3n) is 2.92. The van der Waals surface area contributed by atoms with E-state index in [0.717, 1.165) is 6.07 Å². The van der Waals surface area contributed by atoms with Crippen molar-refractivity contribution in [1.29, 1.82) is 0 Å². The zero-order valence-corrected chi connectivity index (χ0v) is 14.5. The van der Waals surface area contributed by atoms with Crippen molar-refractivity contribution in [1.82, 2.24) is 10.3 Å². The first-order valence-electron chi connectivity index (χ1n) is 6.79. The highest BCUT2D eigenvalue weighted by molar-refractivity contribution is 9.10. The van der Waals surface area contributed by atoms with Crippen molar-refractivity contribution in [2.75, 3.05) is 6.61 Å². The van der Waals surface area contributed by atoms with Crippen molar-refractivity contribution in [2.45, 2.75) is 38.9 Å². The maximum Gasteiger partial charge on any atom is 0.421 e. The predicted molar refractivity (Wildman–Crippen MR) is 81.5 cm³/mol. The summed E-state index contributed by atoms with van der Waals surface area (Å²) in [7, 11) is 0. The first-order valence-corrected chi connectivity index (χ1v) is 7.59. The van der Waals surface area contributed by atoms with Crippen molar-refractivity contribution in [2.24, 2.45) is 5.92 Å². The van der Waals surface area contributed by atoms with E-state index in [1.807, 2.05) is 13.8 Å². The number of carboxylic acid groups (broad SMARTS) is 1. The SMILES string of the molecule is CC(C)CC(C)(COc1ncc(Br)cc1C(F)(F)F)NC(=O)O. The van der Waals surface area contributed by atoms with Gasteiger partial charge in [-0.3, -0.25) is 0 Å². The molecule has 0 aromatic carbocycles. The molecule has 0 radical (unpaired) electrons. The lowest BCUT2D eigenvalue weighted by Gasteiger charge is -2.31. The molecule has 0 aliphatic carbocycles. The van der Waals surface area contributed by atoms with Gasteiger partial charge >= 0.3 is 12.3 Å². The van der Waals surface area contributed by atoms with Crippen LogP contribution in [0.5, 0.6) is 5.88 Å². The van der Waals surface area contributed by atoms with Crippen LogP contribution < -0.4 is 10.1 Å². The molecule has 0 fully saturated rings. The van der Waals surface area contributed by atoms with Gasteiger partial charge in [-0.15, -0.1) is 0 Å². The van der Waals surface area contributed by atoms with Crippen molar-refractivity contribution in [3.63, 3.8) is 0 Å². The molecule has 1 unspecified atom stereocenters. The highest BCUT2D eigenvalue weighted by atomic mass is 79.9. The van der Waals surface area contributed by atoms with E-state index in [2.05, 4.69) is 26.2 Å². The van der Waals surface area contributed by atoms with Crippen LogP contribution in [0.1, 0.15) is 32.8 Å². The molecule has 1 aromatic heterocycles. The molecule has 0 spiro atoms.